The van der Waals surface area contributed by atoms with Gasteiger partial charge in [-0.05, 0) is 6.42 Å². The zero-order valence-corrected chi connectivity index (χ0v) is 5.36. The topological polar surface area (TPSA) is 23.8 Å². The van der Waals surface area contributed by atoms with Crippen LogP contribution in [-0.4, -0.2) is 5.29 Å². The van der Waals surface area contributed by atoms with Crippen LogP contribution in [0.5, 0.6) is 0 Å². The van der Waals surface area contributed by atoms with Crippen LogP contribution < -0.4 is 0 Å². The maximum Gasteiger partial charge on any atom is 0.0990 e. The molecule has 2 heteroatoms. The predicted molar refractivity (Wildman–Crippen MR) is 33.8 cm³/mol. The van der Waals surface area contributed by atoms with Crippen LogP contribution >= 0.6 is 8.86 Å². The molecule has 0 atom stereocenters. The van der Waals surface area contributed by atoms with Gasteiger partial charge in [0.2, 0.25) is 0 Å². The Balaban J connectivity index is 3.24. The molecule has 0 aliphatic carbocycles. The molecule has 0 amide bonds. The van der Waals surface area contributed by atoms with E-state index >= 15 is 0 Å². The van der Waals surface area contributed by atoms with Gasteiger partial charge >= 0.3 is 0 Å². The molecule has 0 unspecified atom stereocenters. The predicted octanol–water partition coefficient (Wildman–Crippen LogP) is 1.63. The van der Waals surface area contributed by atoms with E-state index < -0.39 is 0 Å². The fourth-order valence-corrected chi connectivity index (χ4v) is 0.556. The van der Waals surface area contributed by atoms with Gasteiger partial charge in [-0.2, -0.15) is 5.26 Å². The third kappa shape index (κ3) is 3.49. The number of nitriles is 1. The summed E-state index contributed by atoms with van der Waals surface area (Å²) in [5.41, 5.74) is 0. The minimum absolute atomic E-state index is 0.738. The highest BCUT2D eigenvalue weighted by molar-refractivity contribution is 7.22. The van der Waals surface area contributed by atoms with Crippen molar-refractivity contribution < 1.29 is 0 Å². The molecule has 0 heterocycles. The first-order chi connectivity index (χ1) is 3.31. The van der Waals surface area contributed by atoms with Gasteiger partial charge in [-0.1, -0.05) is 13.3 Å². The van der Waals surface area contributed by atoms with E-state index in [0.717, 1.165) is 18.1 Å². The van der Waals surface area contributed by atoms with Crippen molar-refractivity contribution in [3.8, 4) is 6.07 Å². The Labute approximate surface area is 46.2 Å². The van der Waals surface area contributed by atoms with Crippen molar-refractivity contribution in [2.75, 3.05) is 0 Å². The van der Waals surface area contributed by atoms with E-state index in [4.69, 9.17) is 5.26 Å². The van der Waals surface area contributed by atoms with E-state index in [1.54, 1.807) is 0 Å². The Morgan fingerprint density at radius 3 is 2.57 bits per heavy atom. The van der Waals surface area contributed by atoms with Gasteiger partial charge in [-0.3, -0.25) is 0 Å². The molecule has 0 aromatic heterocycles. The zero-order chi connectivity index (χ0) is 5.70. The second-order valence-corrected chi connectivity index (χ2v) is 1.94. The van der Waals surface area contributed by atoms with Crippen LogP contribution in [0.1, 0.15) is 19.8 Å². The molecule has 0 aromatic rings. The molecule has 0 saturated carbocycles. The minimum atomic E-state index is 0.738. The molecule has 0 saturated heterocycles. The van der Waals surface area contributed by atoms with E-state index in [9.17, 15) is 0 Å². The summed E-state index contributed by atoms with van der Waals surface area (Å²) >= 11 is 0. The summed E-state index contributed by atoms with van der Waals surface area (Å²) in [5, 5.41) is 8.87. The minimum Gasteiger partial charge on any atom is -0.192 e. The molecular formula is C5H8NP. The highest BCUT2D eigenvalue weighted by Gasteiger charge is 1.84. The smallest absolute Gasteiger partial charge is 0.0990 e. The molecule has 0 fully saturated rings. The molecule has 0 N–H and O–H groups in total. The van der Waals surface area contributed by atoms with Gasteiger partial charge in [0, 0.05) is 5.29 Å². The van der Waals surface area contributed by atoms with Gasteiger partial charge in [-0.15, -0.1) is 8.86 Å². The summed E-state index contributed by atoms with van der Waals surface area (Å²) in [6.07, 6.45) is 1.90. The second-order valence-electron chi connectivity index (χ2n) is 1.34. The van der Waals surface area contributed by atoms with Gasteiger partial charge in [0.1, 0.15) is 0 Å². The summed E-state index contributed by atoms with van der Waals surface area (Å²) in [6, 6.07) is 2.00. The van der Waals surface area contributed by atoms with Gasteiger partial charge < -0.3 is 0 Å². The Morgan fingerprint density at radius 2 is 2.43 bits per heavy atom. The Morgan fingerprint density at radius 1 is 1.86 bits per heavy atom. The van der Waals surface area contributed by atoms with Gasteiger partial charge in [0.05, 0.1) is 6.07 Å². The molecule has 0 aliphatic heterocycles. The van der Waals surface area contributed by atoms with Gasteiger partial charge in [0.15, 0.2) is 0 Å². The second kappa shape index (κ2) is 3.84. The number of hydrogen-bond acceptors (Lipinski definition) is 1. The van der Waals surface area contributed by atoms with Crippen molar-refractivity contribution in [1.82, 2.24) is 0 Å². The first-order valence-electron chi connectivity index (χ1n) is 2.28. The Bertz CT molecular complexity index is 101. The lowest BCUT2D eigenvalue weighted by molar-refractivity contribution is 1.01. The van der Waals surface area contributed by atoms with Crippen molar-refractivity contribution in [1.29, 1.82) is 5.26 Å². The highest BCUT2D eigenvalue weighted by atomic mass is 31.0. The molecule has 0 bridgehead atoms. The van der Waals surface area contributed by atoms with E-state index in [2.05, 4.69) is 8.86 Å². The van der Waals surface area contributed by atoms with Crippen molar-refractivity contribution in [3.05, 3.63) is 0 Å². The van der Waals surface area contributed by atoms with E-state index in [-0.39, 0.29) is 0 Å². The van der Waals surface area contributed by atoms with Crippen LogP contribution in [0.15, 0.2) is 0 Å². The highest BCUT2D eigenvalue weighted by Crippen LogP contribution is 1.90. The third-order valence-electron chi connectivity index (χ3n) is 0.635. The van der Waals surface area contributed by atoms with Crippen molar-refractivity contribution in [3.63, 3.8) is 0 Å². The first kappa shape index (κ1) is 6.66. The number of nitrogens with zero attached hydrogens (tertiary/aromatic N) is 1. The van der Waals surface area contributed by atoms with Crippen LogP contribution in [0, 0.1) is 11.3 Å². The van der Waals surface area contributed by atoms with E-state index in [1.807, 2.05) is 13.0 Å². The fraction of sp³-hybridized carbons (Fsp3) is 0.600. The summed E-state index contributed by atoms with van der Waals surface area (Å²) in [7, 11) is 3.14. The van der Waals surface area contributed by atoms with Crippen molar-refractivity contribution >= 4 is 14.2 Å². The number of hydrogen-bond donors (Lipinski definition) is 0. The van der Waals surface area contributed by atoms with Crippen LogP contribution in [0.2, 0.25) is 0 Å². The molecule has 1 nitrogen and oxygen atoms in total. The first-order valence-corrected chi connectivity index (χ1v) is 2.78. The molecule has 0 rings (SSSR count). The summed E-state index contributed by atoms with van der Waals surface area (Å²) in [5.74, 6) is 0. The van der Waals surface area contributed by atoms with Crippen LogP contribution in [0.4, 0.5) is 0 Å². The average molecular weight is 113 g/mol. The zero-order valence-electron chi connectivity index (χ0n) is 4.36. The fourth-order valence-electron chi connectivity index (χ4n) is 0.306. The normalized spacial score (nSPS) is 7.43. The quantitative estimate of drug-likeness (QED) is 0.499. The van der Waals surface area contributed by atoms with Crippen LogP contribution in [0.3, 0.4) is 0 Å². The van der Waals surface area contributed by atoms with Crippen molar-refractivity contribution in [2.45, 2.75) is 19.8 Å². The maximum absolute atomic E-state index is 8.13. The number of rotatable bonds is 2. The lowest BCUT2D eigenvalue weighted by Crippen LogP contribution is -1.83. The monoisotopic (exact) mass is 113 g/mol. The molecule has 0 spiro atoms. The molecule has 38 valence electrons. The van der Waals surface area contributed by atoms with E-state index in [0.29, 0.717) is 0 Å². The summed E-state index contributed by atoms with van der Waals surface area (Å²) in [6.45, 7) is 2.04. The maximum atomic E-state index is 8.13. The summed E-state index contributed by atoms with van der Waals surface area (Å²) in [4.78, 5) is 0. The average Bonchev–Trinajstić information content (AvgIpc) is 1.68. The lowest BCUT2D eigenvalue weighted by Gasteiger charge is -1.83. The van der Waals surface area contributed by atoms with E-state index in [1.165, 1.54) is 0 Å². The van der Waals surface area contributed by atoms with Gasteiger partial charge in [0.25, 0.3) is 0 Å². The third-order valence-corrected chi connectivity index (χ3v) is 0.997. The lowest BCUT2D eigenvalue weighted by atomic mass is 10.3. The molecule has 0 aromatic carbocycles. The van der Waals surface area contributed by atoms with Gasteiger partial charge in [-0.25, -0.2) is 0 Å². The molecule has 0 radical (unpaired) electrons. The van der Waals surface area contributed by atoms with Crippen molar-refractivity contribution in [2.24, 2.45) is 0 Å². The standard InChI is InChI=1S/C5H8NP/c1-2-3-5(7)4-6/h7H,2-3H2,1H3. The molecule has 0 aliphatic rings. The molecule has 7 heavy (non-hydrogen) atoms. The van der Waals surface area contributed by atoms with Crippen LogP contribution in [-0.2, 0) is 0 Å². The Hall–Kier alpha value is -0.340. The van der Waals surface area contributed by atoms with Crippen LogP contribution in [0.25, 0.3) is 0 Å². The Kier molecular flexibility index (Phi) is 3.65. The SMILES string of the molecule is CCCC(=P)C#N. The molecular weight excluding hydrogens is 105 g/mol. The summed E-state index contributed by atoms with van der Waals surface area (Å²) < 4.78 is 0. The largest absolute Gasteiger partial charge is 0.192 e.